The molecule has 24 heavy (non-hydrogen) atoms. The van der Waals surface area contributed by atoms with Crippen molar-refractivity contribution in [3.63, 3.8) is 0 Å². The number of hydrogen-bond donors (Lipinski definition) is 2. The number of amides is 2. The van der Waals surface area contributed by atoms with Crippen molar-refractivity contribution in [1.82, 2.24) is 14.8 Å². The highest BCUT2D eigenvalue weighted by Gasteiger charge is 2.10. The van der Waals surface area contributed by atoms with Gasteiger partial charge in [-0.2, -0.15) is 5.10 Å². The van der Waals surface area contributed by atoms with Crippen molar-refractivity contribution in [1.29, 1.82) is 0 Å². The lowest BCUT2D eigenvalue weighted by Gasteiger charge is -2.00. The van der Waals surface area contributed by atoms with E-state index in [9.17, 15) is 9.59 Å². The summed E-state index contributed by atoms with van der Waals surface area (Å²) >= 11 is 1.26. The highest BCUT2D eigenvalue weighted by molar-refractivity contribution is 7.13. The Morgan fingerprint density at radius 1 is 1.21 bits per heavy atom. The number of nitrogens with one attached hydrogen (secondary N) is 1. The van der Waals surface area contributed by atoms with Gasteiger partial charge in [-0.25, -0.2) is 9.67 Å². The minimum atomic E-state index is -0.452. The molecular formula is C16H15N5O2S. The molecule has 3 rings (SSSR count). The Bertz CT molecular complexity index is 856. The minimum Gasteiger partial charge on any atom is -0.369 e. The van der Waals surface area contributed by atoms with E-state index in [-0.39, 0.29) is 18.7 Å². The number of hydrogen-bond acceptors (Lipinski definition) is 5. The lowest BCUT2D eigenvalue weighted by molar-refractivity contribution is -0.117. The molecule has 0 atom stereocenters. The zero-order valence-corrected chi connectivity index (χ0v) is 13.5. The number of primary amides is 1. The van der Waals surface area contributed by atoms with Gasteiger partial charge in [-0.1, -0.05) is 18.2 Å². The molecule has 0 saturated carbocycles. The molecule has 3 aromatic rings. The SMILES string of the molecule is NC(=O)Cc1csc(NC(=O)Cc2cnn(-c3ccccc3)c2)n1. The van der Waals surface area contributed by atoms with Crippen LogP contribution in [0.4, 0.5) is 5.13 Å². The van der Waals surface area contributed by atoms with Gasteiger partial charge in [0, 0.05) is 11.6 Å². The molecule has 8 heteroatoms. The van der Waals surface area contributed by atoms with Gasteiger partial charge in [-0.05, 0) is 17.7 Å². The maximum Gasteiger partial charge on any atom is 0.230 e. The molecule has 0 aliphatic carbocycles. The molecule has 2 heterocycles. The molecule has 1 aromatic carbocycles. The summed E-state index contributed by atoms with van der Waals surface area (Å²) in [6, 6.07) is 9.66. The third-order valence-corrected chi connectivity index (χ3v) is 3.98. The van der Waals surface area contributed by atoms with E-state index in [1.165, 1.54) is 11.3 Å². The maximum absolute atomic E-state index is 12.1. The van der Waals surface area contributed by atoms with E-state index in [1.807, 2.05) is 36.5 Å². The molecule has 0 fully saturated rings. The first-order chi connectivity index (χ1) is 11.6. The number of nitrogens with two attached hydrogens (primary N) is 1. The molecule has 0 aliphatic rings. The number of carbonyl (C=O) groups is 2. The van der Waals surface area contributed by atoms with Gasteiger partial charge in [0.25, 0.3) is 0 Å². The van der Waals surface area contributed by atoms with Crippen LogP contribution in [0, 0.1) is 0 Å². The minimum absolute atomic E-state index is 0.0657. The number of nitrogens with zero attached hydrogens (tertiary/aromatic N) is 3. The number of thiazole rings is 1. The fraction of sp³-hybridized carbons (Fsp3) is 0.125. The first-order valence-corrected chi connectivity index (χ1v) is 8.09. The molecule has 0 unspecified atom stereocenters. The number of anilines is 1. The Morgan fingerprint density at radius 3 is 2.75 bits per heavy atom. The summed E-state index contributed by atoms with van der Waals surface area (Å²) in [7, 11) is 0. The third-order valence-electron chi connectivity index (χ3n) is 3.17. The Balaban J connectivity index is 1.60. The molecule has 0 aliphatic heterocycles. The van der Waals surface area contributed by atoms with Crippen molar-refractivity contribution in [2.24, 2.45) is 5.73 Å². The van der Waals surface area contributed by atoms with Crippen LogP contribution in [0.15, 0.2) is 48.1 Å². The largest absolute Gasteiger partial charge is 0.369 e. The third kappa shape index (κ3) is 4.05. The van der Waals surface area contributed by atoms with E-state index in [1.54, 1.807) is 16.3 Å². The summed E-state index contributed by atoms with van der Waals surface area (Å²) in [6.45, 7) is 0. The molecule has 0 bridgehead atoms. The summed E-state index contributed by atoms with van der Waals surface area (Å²) in [5.74, 6) is -0.644. The fourth-order valence-electron chi connectivity index (χ4n) is 2.15. The number of para-hydroxylation sites is 1. The summed E-state index contributed by atoms with van der Waals surface area (Å²) < 4.78 is 1.72. The second kappa shape index (κ2) is 7.05. The number of aromatic nitrogens is 3. The van der Waals surface area contributed by atoms with Gasteiger partial charge in [0.2, 0.25) is 11.8 Å². The summed E-state index contributed by atoms with van der Waals surface area (Å²) in [5.41, 5.74) is 7.40. The quantitative estimate of drug-likeness (QED) is 0.710. The van der Waals surface area contributed by atoms with Crippen LogP contribution in [0.2, 0.25) is 0 Å². The molecule has 0 spiro atoms. The van der Waals surface area contributed by atoms with Gasteiger partial charge in [-0.3, -0.25) is 9.59 Å². The van der Waals surface area contributed by atoms with Crippen molar-refractivity contribution < 1.29 is 9.59 Å². The standard InChI is InChI=1S/C16H15N5O2S/c17-14(22)7-12-10-24-16(19-12)20-15(23)6-11-8-18-21(9-11)13-4-2-1-3-5-13/h1-5,8-10H,6-7H2,(H2,17,22)(H,19,20,23). The number of carbonyl (C=O) groups excluding carboxylic acids is 2. The molecule has 7 nitrogen and oxygen atoms in total. The lowest BCUT2D eigenvalue weighted by atomic mass is 10.2. The number of benzene rings is 1. The normalized spacial score (nSPS) is 10.5. The van der Waals surface area contributed by atoms with Gasteiger partial charge in [0.15, 0.2) is 5.13 Å². The van der Waals surface area contributed by atoms with Gasteiger partial charge < -0.3 is 11.1 Å². The predicted molar refractivity (Wildman–Crippen MR) is 90.9 cm³/mol. The molecule has 0 saturated heterocycles. The lowest BCUT2D eigenvalue weighted by Crippen LogP contribution is -2.15. The zero-order chi connectivity index (χ0) is 16.9. The molecule has 2 aromatic heterocycles. The van der Waals surface area contributed by atoms with E-state index in [4.69, 9.17) is 5.73 Å². The molecule has 122 valence electrons. The zero-order valence-electron chi connectivity index (χ0n) is 12.7. The Kier molecular flexibility index (Phi) is 4.66. The second-order valence-electron chi connectivity index (χ2n) is 5.14. The van der Waals surface area contributed by atoms with E-state index in [0.29, 0.717) is 10.8 Å². The monoisotopic (exact) mass is 341 g/mol. The van der Waals surface area contributed by atoms with Gasteiger partial charge in [0.1, 0.15) is 0 Å². The maximum atomic E-state index is 12.1. The molecule has 3 N–H and O–H groups in total. The van der Waals surface area contributed by atoms with Crippen molar-refractivity contribution >= 4 is 28.3 Å². The van der Waals surface area contributed by atoms with Crippen molar-refractivity contribution in [2.45, 2.75) is 12.8 Å². The highest BCUT2D eigenvalue weighted by atomic mass is 32.1. The van der Waals surface area contributed by atoms with Crippen molar-refractivity contribution in [2.75, 3.05) is 5.32 Å². The Hall–Kier alpha value is -3.00. The van der Waals surface area contributed by atoms with Gasteiger partial charge in [-0.15, -0.1) is 11.3 Å². The van der Waals surface area contributed by atoms with Crippen LogP contribution >= 0.6 is 11.3 Å². The van der Waals surface area contributed by atoms with Crippen LogP contribution in [0.3, 0.4) is 0 Å². The van der Waals surface area contributed by atoms with Crippen molar-refractivity contribution in [3.05, 3.63) is 59.4 Å². The van der Waals surface area contributed by atoms with Crippen LogP contribution in [0.1, 0.15) is 11.3 Å². The van der Waals surface area contributed by atoms with E-state index < -0.39 is 5.91 Å². The van der Waals surface area contributed by atoms with Crippen LogP contribution in [0.5, 0.6) is 0 Å². The number of rotatable bonds is 6. The van der Waals surface area contributed by atoms with E-state index >= 15 is 0 Å². The smallest absolute Gasteiger partial charge is 0.230 e. The highest BCUT2D eigenvalue weighted by Crippen LogP contribution is 2.16. The predicted octanol–water partition coefficient (Wildman–Crippen LogP) is 1.54. The summed E-state index contributed by atoms with van der Waals surface area (Å²) in [6.07, 6.45) is 3.73. The van der Waals surface area contributed by atoms with Crippen molar-refractivity contribution in [3.8, 4) is 5.69 Å². The molecule has 2 amide bonds. The average Bonchev–Trinajstić information content (AvgIpc) is 3.17. The summed E-state index contributed by atoms with van der Waals surface area (Å²) in [5, 5.41) is 9.12. The molecule has 0 radical (unpaired) electrons. The van der Waals surface area contributed by atoms with E-state index in [0.717, 1.165) is 11.3 Å². The fourth-order valence-corrected chi connectivity index (χ4v) is 2.87. The second-order valence-corrected chi connectivity index (χ2v) is 6.00. The van der Waals surface area contributed by atoms with Gasteiger partial charge in [0.05, 0.1) is 30.4 Å². The van der Waals surface area contributed by atoms with Crippen LogP contribution in [0.25, 0.3) is 5.69 Å². The Morgan fingerprint density at radius 2 is 2.00 bits per heavy atom. The van der Waals surface area contributed by atoms with Crippen LogP contribution < -0.4 is 11.1 Å². The van der Waals surface area contributed by atoms with Crippen LogP contribution in [-0.2, 0) is 22.4 Å². The van der Waals surface area contributed by atoms with Crippen LogP contribution in [-0.4, -0.2) is 26.6 Å². The van der Waals surface area contributed by atoms with Gasteiger partial charge >= 0.3 is 0 Å². The Labute approximate surface area is 142 Å². The van der Waals surface area contributed by atoms with E-state index in [2.05, 4.69) is 15.4 Å². The first-order valence-electron chi connectivity index (χ1n) is 7.21. The topological polar surface area (TPSA) is 103 Å². The average molecular weight is 341 g/mol. The molecular weight excluding hydrogens is 326 g/mol. The first kappa shape index (κ1) is 15.9. The summed E-state index contributed by atoms with van der Waals surface area (Å²) in [4.78, 5) is 27.1.